The van der Waals surface area contributed by atoms with Gasteiger partial charge in [-0.25, -0.2) is 0 Å². The quantitative estimate of drug-likeness (QED) is 0.894. The second kappa shape index (κ2) is 5.53. The fraction of sp³-hybridized carbons (Fsp3) is 0.533. The van der Waals surface area contributed by atoms with E-state index in [0.717, 1.165) is 29.5 Å². The molecule has 1 fully saturated rings. The number of aryl methyl sites for hydroxylation is 2. The van der Waals surface area contributed by atoms with E-state index in [0.29, 0.717) is 13.2 Å². The molecule has 1 aliphatic heterocycles. The number of rotatable bonds is 3. The molecule has 0 bridgehead atoms. The van der Waals surface area contributed by atoms with Crippen molar-refractivity contribution < 1.29 is 14.6 Å². The van der Waals surface area contributed by atoms with E-state index < -0.39 is 11.9 Å². The topological polar surface area (TPSA) is 46.5 Å². The van der Waals surface area contributed by atoms with Crippen LogP contribution in [0.5, 0.6) is 0 Å². The minimum Gasteiger partial charge on any atom is -0.481 e. The SMILES string of the molecule is Cc1ccc(C)c(C(C(=O)O)C2CCOCC2)c1. The minimum atomic E-state index is -0.712. The van der Waals surface area contributed by atoms with Crippen molar-refractivity contribution in [3.05, 3.63) is 34.9 Å². The second-order valence-electron chi connectivity index (χ2n) is 5.13. The average molecular weight is 248 g/mol. The summed E-state index contributed by atoms with van der Waals surface area (Å²) in [7, 11) is 0. The number of aliphatic carboxylic acids is 1. The zero-order chi connectivity index (χ0) is 13.1. The van der Waals surface area contributed by atoms with Crippen LogP contribution >= 0.6 is 0 Å². The molecular weight excluding hydrogens is 228 g/mol. The third-order valence-electron chi connectivity index (χ3n) is 3.77. The summed E-state index contributed by atoms with van der Waals surface area (Å²) >= 11 is 0. The van der Waals surface area contributed by atoms with Crippen LogP contribution in [0.25, 0.3) is 0 Å². The van der Waals surface area contributed by atoms with Gasteiger partial charge in [0.25, 0.3) is 0 Å². The second-order valence-corrected chi connectivity index (χ2v) is 5.13. The summed E-state index contributed by atoms with van der Waals surface area (Å²) in [5, 5.41) is 9.55. The first-order valence-corrected chi connectivity index (χ1v) is 6.47. The van der Waals surface area contributed by atoms with E-state index in [1.807, 2.05) is 32.0 Å². The van der Waals surface area contributed by atoms with Crippen LogP contribution in [-0.2, 0) is 9.53 Å². The van der Waals surface area contributed by atoms with Crippen molar-refractivity contribution in [2.75, 3.05) is 13.2 Å². The van der Waals surface area contributed by atoms with Gasteiger partial charge in [-0.3, -0.25) is 4.79 Å². The Morgan fingerprint density at radius 1 is 1.33 bits per heavy atom. The van der Waals surface area contributed by atoms with Gasteiger partial charge in [0.2, 0.25) is 0 Å². The Hall–Kier alpha value is -1.35. The fourth-order valence-corrected chi connectivity index (χ4v) is 2.73. The highest BCUT2D eigenvalue weighted by Gasteiger charge is 2.32. The van der Waals surface area contributed by atoms with Gasteiger partial charge in [-0.1, -0.05) is 23.8 Å². The van der Waals surface area contributed by atoms with E-state index in [-0.39, 0.29) is 5.92 Å². The highest BCUT2D eigenvalue weighted by molar-refractivity contribution is 5.77. The van der Waals surface area contributed by atoms with E-state index in [4.69, 9.17) is 4.74 Å². The van der Waals surface area contributed by atoms with Gasteiger partial charge in [0.15, 0.2) is 0 Å². The van der Waals surface area contributed by atoms with Crippen molar-refractivity contribution in [2.45, 2.75) is 32.6 Å². The Labute approximate surface area is 108 Å². The number of ether oxygens (including phenoxy) is 1. The molecule has 98 valence electrons. The minimum absolute atomic E-state index is 0.191. The van der Waals surface area contributed by atoms with Crippen molar-refractivity contribution in [1.29, 1.82) is 0 Å². The maximum Gasteiger partial charge on any atom is 0.311 e. The van der Waals surface area contributed by atoms with Crippen LogP contribution in [0.15, 0.2) is 18.2 Å². The van der Waals surface area contributed by atoms with Crippen LogP contribution in [0.2, 0.25) is 0 Å². The molecule has 3 nitrogen and oxygen atoms in total. The van der Waals surface area contributed by atoms with Crippen molar-refractivity contribution >= 4 is 5.97 Å². The molecule has 0 spiro atoms. The summed E-state index contributed by atoms with van der Waals surface area (Å²) in [6.07, 6.45) is 1.68. The van der Waals surface area contributed by atoms with Gasteiger partial charge in [0, 0.05) is 13.2 Å². The molecule has 1 heterocycles. The molecule has 0 aliphatic carbocycles. The Bertz CT molecular complexity index is 433. The summed E-state index contributed by atoms with van der Waals surface area (Å²) < 4.78 is 5.33. The molecule has 1 N–H and O–H groups in total. The fourth-order valence-electron chi connectivity index (χ4n) is 2.73. The Morgan fingerprint density at radius 2 is 2.00 bits per heavy atom. The number of carboxylic acid groups (broad SMARTS) is 1. The molecule has 0 saturated carbocycles. The summed E-state index contributed by atoms with van der Waals surface area (Å²) in [5.41, 5.74) is 3.16. The van der Waals surface area contributed by atoms with Crippen LogP contribution in [0.4, 0.5) is 0 Å². The standard InChI is InChI=1S/C15H20O3/c1-10-3-4-11(2)13(9-10)14(15(16)17)12-5-7-18-8-6-12/h3-4,9,12,14H,5-8H2,1-2H3,(H,16,17). The highest BCUT2D eigenvalue weighted by Crippen LogP contribution is 2.34. The van der Waals surface area contributed by atoms with Crippen LogP contribution in [0.3, 0.4) is 0 Å². The number of benzene rings is 1. The smallest absolute Gasteiger partial charge is 0.311 e. The lowest BCUT2D eigenvalue weighted by atomic mass is 9.79. The number of carbonyl (C=O) groups is 1. The molecular formula is C15H20O3. The first-order chi connectivity index (χ1) is 8.59. The third kappa shape index (κ3) is 2.72. The first kappa shape index (κ1) is 13.1. The van der Waals surface area contributed by atoms with Crippen molar-refractivity contribution in [1.82, 2.24) is 0 Å². The zero-order valence-electron chi connectivity index (χ0n) is 11.0. The van der Waals surface area contributed by atoms with Gasteiger partial charge in [0.1, 0.15) is 0 Å². The van der Waals surface area contributed by atoms with E-state index in [1.54, 1.807) is 0 Å². The van der Waals surface area contributed by atoms with E-state index in [1.165, 1.54) is 0 Å². The monoisotopic (exact) mass is 248 g/mol. The lowest BCUT2D eigenvalue weighted by Gasteiger charge is -2.29. The lowest BCUT2D eigenvalue weighted by molar-refractivity contribution is -0.141. The number of hydrogen-bond acceptors (Lipinski definition) is 2. The molecule has 0 amide bonds. The molecule has 1 aromatic carbocycles. The molecule has 1 aliphatic rings. The van der Waals surface area contributed by atoms with Crippen molar-refractivity contribution in [3.8, 4) is 0 Å². The Balaban J connectivity index is 2.34. The number of carboxylic acids is 1. The molecule has 1 aromatic rings. The van der Waals surface area contributed by atoms with Gasteiger partial charge in [-0.2, -0.15) is 0 Å². The van der Waals surface area contributed by atoms with Gasteiger partial charge in [0.05, 0.1) is 5.92 Å². The van der Waals surface area contributed by atoms with E-state index >= 15 is 0 Å². The summed E-state index contributed by atoms with van der Waals surface area (Å²) in [6, 6.07) is 6.06. The van der Waals surface area contributed by atoms with Gasteiger partial charge >= 0.3 is 5.97 Å². The average Bonchev–Trinajstić information content (AvgIpc) is 2.35. The molecule has 1 unspecified atom stereocenters. The summed E-state index contributed by atoms with van der Waals surface area (Å²) in [5.74, 6) is -0.916. The van der Waals surface area contributed by atoms with Crippen LogP contribution < -0.4 is 0 Å². The Kier molecular flexibility index (Phi) is 4.02. The predicted octanol–water partition coefficient (Wildman–Crippen LogP) is 2.90. The predicted molar refractivity (Wildman–Crippen MR) is 69.8 cm³/mol. The van der Waals surface area contributed by atoms with E-state index in [9.17, 15) is 9.90 Å². The normalized spacial score (nSPS) is 18.6. The first-order valence-electron chi connectivity index (χ1n) is 6.47. The summed E-state index contributed by atoms with van der Waals surface area (Å²) in [4.78, 5) is 11.6. The van der Waals surface area contributed by atoms with Crippen LogP contribution in [-0.4, -0.2) is 24.3 Å². The molecule has 2 rings (SSSR count). The highest BCUT2D eigenvalue weighted by atomic mass is 16.5. The van der Waals surface area contributed by atoms with Crippen molar-refractivity contribution in [2.24, 2.45) is 5.92 Å². The third-order valence-corrected chi connectivity index (χ3v) is 3.77. The molecule has 0 aromatic heterocycles. The molecule has 1 saturated heterocycles. The molecule has 18 heavy (non-hydrogen) atoms. The molecule has 1 atom stereocenters. The van der Waals surface area contributed by atoms with Gasteiger partial charge in [-0.05, 0) is 43.7 Å². The summed E-state index contributed by atoms with van der Waals surface area (Å²) in [6.45, 7) is 5.36. The van der Waals surface area contributed by atoms with E-state index in [2.05, 4.69) is 0 Å². The maximum absolute atomic E-state index is 11.6. The molecule has 0 radical (unpaired) electrons. The van der Waals surface area contributed by atoms with Crippen molar-refractivity contribution in [3.63, 3.8) is 0 Å². The molecule has 3 heteroatoms. The Morgan fingerprint density at radius 3 is 2.61 bits per heavy atom. The maximum atomic E-state index is 11.6. The lowest BCUT2D eigenvalue weighted by Crippen LogP contribution is -2.28. The number of hydrogen-bond donors (Lipinski definition) is 1. The van der Waals surface area contributed by atoms with Crippen LogP contribution in [0, 0.1) is 19.8 Å². The van der Waals surface area contributed by atoms with Crippen LogP contribution in [0.1, 0.15) is 35.4 Å². The largest absolute Gasteiger partial charge is 0.481 e. The zero-order valence-corrected chi connectivity index (χ0v) is 11.0. The van der Waals surface area contributed by atoms with Gasteiger partial charge in [-0.15, -0.1) is 0 Å². The van der Waals surface area contributed by atoms with Gasteiger partial charge < -0.3 is 9.84 Å².